The van der Waals surface area contributed by atoms with E-state index in [0.717, 1.165) is 12.3 Å². The summed E-state index contributed by atoms with van der Waals surface area (Å²) < 4.78 is 5.28. The Morgan fingerprint density at radius 3 is 2.48 bits per heavy atom. The van der Waals surface area contributed by atoms with Gasteiger partial charge in [-0.2, -0.15) is 0 Å². The first-order chi connectivity index (χ1) is 9.71. The van der Waals surface area contributed by atoms with Crippen LogP contribution in [0.4, 0.5) is 4.79 Å². The summed E-state index contributed by atoms with van der Waals surface area (Å²) in [6.07, 6.45) is 4.53. The lowest BCUT2D eigenvalue weighted by Crippen LogP contribution is -2.49. The molecule has 1 saturated carbocycles. The molecule has 0 aliphatic heterocycles. The normalized spacial score (nSPS) is 28.0. The van der Waals surface area contributed by atoms with Crippen LogP contribution in [-0.2, 0) is 4.74 Å². The van der Waals surface area contributed by atoms with Gasteiger partial charge < -0.3 is 15.4 Å². The Hall–Kier alpha value is -0.770. The number of amides is 1. The maximum atomic E-state index is 11.7. The van der Waals surface area contributed by atoms with Gasteiger partial charge in [0.15, 0.2) is 0 Å². The van der Waals surface area contributed by atoms with Crippen LogP contribution in [0.1, 0.15) is 67.2 Å². The monoisotopic (exact) mass is 298 g/mol. The zero-order chi connectivity index (χ0) is 16.0. The molecule has 0 bridgehead atoms. The van der Waals surface area contributed by atoms with E-state index in [2.05, 4.69) is 31.4 Å². The highest BCUT2D eigenvalue weighted by Gasteiger charge is 2.27. The van der Waals surface area contributed by atoms with Crippen LogP contribution in [0, 0.1) is 11.8 Å². The molecule has 0 aromatic carbocycles. The first kappa shape index (κ1) is 18.3. The lowest BCUT2D eigenvalue weighted by atomic mass is 9.79. The van der Waals surface area contributed by atoms with Gasteiger partial charge in [-0.25, -0.2) is 4.79 Å². The third-order valence-corrected chi connectivity index (χ3v) is 4.27. The SMILES string of the molecule is CCC(CNC(=O)OC(C)(C)C)NC1CCC(C)CC1C. The molecule has 124 valence electrons. The summed E-state index contributed by atoms with van der Waals surface area (Å²) in [4.78, 5) is 11.7. The van der Waals surface area contributed by atoms with Gasteiger partial charge in [0, 0.05) is 18.6 Å². The molecule has 1 aliphatic rings. The van der Waals surface area contributed by atoms with Gasteiger partial charge in [-0.05, 0) is 58.3 Å². The van der Waals surface area contributed by atoms with Gasteiger partial charge in [-0.15, -0.1) is 0 Å². The van der Waals surface area contributed by atoms with Gasteiger partial charge in [-0.3, -0.25) is 0 Å². The van der Waals surface area contributed by atoms with Gasteiger partial charge in [0.05, 0.1) is 0 Å². The lowest BCUT2D eigenvalue weighted by Gasteiger charge is -2.36. The molecular formula is C17H34N2O2. The van der Waals surface area contributed by atoms with Crippen LogP contribution in [-0.4, -0.2) is 30.3 Å². The van der Waals surface area contributed by atoms with Crippen LogP contribution < -0.4 is 10.6 Å². The number of rotatable bonds is 5. The summed E-state index contributed by atoms with van der Waals surface area (Å²) in [5.41, 5.74) is -0.437. The topological polar surface area (TPSA) is 50.4 Å². The second kappa shape index (κ2) is 8.02. The Labute approximate surface area is 130 Å². The lowest BCUT2D eigenvalue weighted by molar-refractivity contribution is 0.0519. The molecule has 1 fully saturated rings. The van der Waals surface area contributed by atoms with Crippen LogP contribution in [0.15, 0.2) is 0 Å². The van der Waals surface area contributed by atoms with E-state index in [-0.39, 0.29) is 6.09 Å². The fraction of sp³-hybridized carbons (Fsp3) is 0.941. The van der Waals surface area contributed by atoms with E-state index in [1.165, 1.54) is 19.3 Å². The molecule has 1 rings (SSSR count). The minimum atomic E-state index is -0.437. The summed E-state index contributed by atoms with van der Waals surface area (Å²) in [6.45, 7) is 13.1. The number of alkyl carbamates (subject to hydrolysis) is 1. The van der Waals surface area contributed by atoms with Crippen LogP contribution >= 0.6 is 0 Å². The smallest absolute Gasteiger partial charge is 0.407 e. The Morgan fingerprint density at radius 1 is 1.29 bits per heavy atom. The molecule has 0 heterocycles. The van der Waals surface area contributed by atoms with E-state index in [9.17, 15) is 4.79 Å². The van der Waals surface area contributed by atoms with Crippen LogP contribution in [0.5, 0.6) is 0 Å². The van der Waals surface area contributed by atoms with Crippen molar-refractivity contribution in [1.29, 1.82) is 0 Å². The van der Waals surface area contributed by atoms with E-state index in [1.54, 1.807) is 0 Å². The first-order valence-electron chi connectivity index (χ1n) is 8.44. The quantitative estimate of drug-likeness (QED) is 0.813. The number of ether oxygens (including phenoxy) is 1. The Bertz CT molecular complexity index is 325. The van der Waals surface area contributed by atoms with Crippen molar-refractivity contribution in [3.63, 3.8) is 0 Å². The minimum Gasteiger partial charge on any atom is -0.444 e. The summed E-state index contributed by atoms with van der Waals surface area (Å²) in [5.74, 6) is 1.56. The molecule has 4 unspecified atom stereocenters. The van der Waals surface area contributed by atoms with E-state index >= 15 is 0 Å². The first-order valence-corrected chi connectivity index (χ1v) is 8.44. The summed E-state index contributed by atoms with van der Waals surface area (Å²) in [5, 5.41) is 6.60. The molecule has 0 spiro atoms. The van der Waals surface area contributed by atoms with Gasteiger partial charge >= 0.3 is 6.09 Å². The largest absolute Gasteiger partial charge is 0.444 e. The van der Waals surface area contributed by atoms with Gasteiger partial charge in [0.25, 0.3) is 0 Å². The van der Waals surface area contributed by atoms with E-state index in [0.29, 0.717) is 24.5 Å². The van der Waals surface area contributed by atoms with Crippen molar-refractivity contribution in [2.45, 2.75) is 84.9 Å². The predicted molar refractivity (Wildman–Crippen MR) is 87.4 cm³/mol. The van der Waals surface area contributed by atoms with Crippen molar-refractivity contribution in [3.8, 4) is 0 Å². The predicted octanol–water partition coefficient (Wildman–Crippen LogP) is 3.70. The van der Waals surface area contributed by atoms with E-state index in [4.69, 9.17) is 4.74 Å². The van der Waals surface area contributed by atoms with Crippen LogP contribution in [0.3, 0.4) is 0 Å². The van der Waals surface area contributed by atoms with Crippen molar-refractivity contribution in [1.82, 2.24) is 10.6 Å². The average Bonchev–Trinajstić information content (AvgIpc) is 2.34. The molecule has 1 aliphatic carbocycles. The molecule has 2 N–H and O–H groups in total. The van der Waals surface area contributed by atoms with Gasteiger partial charge in [0.1, 0.15) is 5.60 Å². The summed E-state index contributed by atoms with van der Waals surface area (Å²) in [6, 6.07) is 0.893. The molecular weight excluding hydrogens is 264 g/mol. The molecule has 0 radical (unpaired) electrons. The van der Waals surface area contributed by atoms with Crippen LogP contribution in [0.2, 0.25) is 0 Å². The van der Waals surface area contributed by atoms with Crippen molar-refractivity contribution < 1.29 is 9.53 Å². The second-order valence-corrected chi connectivity index (χ2v) is 7.66. The van der Waals surface area contributed by atoms with E-state index < -0.39 is 5.60 Å². The minimum absolute atomic E-state index is 0.318. The maximum Gasteiger partial charge on any atom is 0.407 e. The number of carbonyl (C=O) groups excluding carboxylic acids is 1. The van der Waals surface area contributed by atoms with Crippen molar-refractivity contribution in [3.05, 3.63) is 0 Å². The van der Waals surface area contributed by atoms with Crippen LogP contribution in [0.25, 0.3) is 0 Å². The zero-order valence-electron chi connectivity index (χ0n) is 14.7. The molecule has 0 saturated heterocycles. The Kier molecular flexibility index (Phi) is 6.98. The summed E-state index contributed by atoms with van der Waals surface area (Å²) >= 11 is 0. The molecule has 4 atom stereocenters. The number of hydrogen-bond acceptors (Lipinski definition) is 3. The highest BCUT2D eigenvalue weighted by atomic mass is 16.6. The fourth-order valence-electron chi connectivity index (χ4n) is 3.06. The third kappa shape index (κ3) is 7.16. The Balaban J connectivity index is 2.36. The highest BCUT2D eigenvalue weighted by Crippen LogP contribution is 2.28. The molecule has 4 heteroatoms. The highest BCUT2D eigenvalue weighted by molar-refractivity contribution is 5.67. The van der Waals surface area contributed by atoms with Gasteiger partial charge in [0.2, 0.25) is 0 Å². The average molecular weight is 298 g/mol. The Morgan fingerprint density at radius 2 is 1.95 bits per heavy atom. The number of carbonyl (C=O) groups is 1. The van der Waals surface area contributed by atoms with Crippen molar-refractivity contribution in [2.24, 2.45) is 11.8 Å². The van der Waals surface area contributed by atoms with Crippen molar-refractivity contribution >= 4 is 6.09 Å². The number of hydrogen-bond donors (Lipinski definition) is 2. The molecule has 1 amide bonds. The summed E-state index contributed by atoms with van der Waals surface area (Å²) in [7, 11) is 0. The third-order valence-electron chi connectivity index (χ3n) is 4.27. The fourth-order valence-corrected chi connectivity index (χ4v) is 3.06. The molecule has 21 heavy (non-hydrogen) atoms. The van der Waals surface area contributed by atoms with Gasteiger partial charge in [-0.1, -0.05) is 20.8 Å². The maximum absolute atomic E-state index is 11.7. The molecule has 0 aromatic rings. The van der Waals surface area contributed by atoms with Crippen molar-refractivity contribution in [2.75, 3.05) is 6.54 Å². The second-order valence-electron chi connectivity index (χ2n) is 7.66. The van der Waals surface area contributed by atoms with E-state index in [1.807, 2.05) is 20.8 Å². The zero-order valence-corrected chi connectivity index (χ0v) is 14.7. The number of nitrogens with one attached hydrogen (secondary N) is 2. The standard InChI is InChI=1S/C17H34N2O2/c1-7-14(11-18-16(20)21-17(4,5)6)19-15-9-8-12(2)10-13(15)3/h12-15,19H,7-11H2,1-6H3,(H,18,20). The molecule has 4 nitrogen and oxygen atoms in total. The molecule has 0 aromatic heterocycles.